The Morgan fingerprint density at radius 1 is 1.14 bits per heavy atom. The van der Waals surface area contributed by atoms with Gasteiger partial charge in [0.2, 0.25) is 5.91 Å². The Kier molecular flexibility index (Phi) is 10.4. The molecule has 1 amide bonds. The van der Waals surface area contributed by atoms with Gasteiger partial charge in [-0.05, 0) is 53.8 Å². The molecule has 7 nitrogen and oxygen atoms in total. The van der Waals surface area contributed by atoms with E-state index in [1.807, 2.05) is 20.8 Å². The van der Waals surface area contributed by atoms with E-state index >= 15 is 8.78 Å². The molecule has 0 aliphatic carbocycles. The Labute approximate surface area is 264 Å². The van der Waals surface area contributed by atoms with Gasteiger partial charge in [0.15, 0.2) is 0 Å². The highest BCUT2D eigenvalue weighted by molar-refractivity contribution is 6.31. The van der Waals surface area contributed by atoms with Gasteiger partial charge in [0.25, 0.3) is 0 Å². The van der Waals surface area contributed by atoms with Crippen LogP contribution in [0.15, 0.2) is 54.6 Å². The van der Waals surface area contributed by atoms with E-state index in [0.29, 0.717) is 6.42 Å². The summed E-state index contributed by atoms with van der Waals surface area (Å²) in [6.45, 7) is 5.81. The molecule has 0 spiro atoms. The topological polar surface area (TPSA) is 111 Å². The Balaban J connectivity index is 0.00000506. The van der Waals surface area contributed by atoms with Crippen molar-refractivity contribution in [2.45, 2.75) is 50.6 Å². The SMILES string of the molecule is COc1cc(C(=O)O)ccc1NC(=O)[C@@H]1N[C@@H](CC(C)(C)C)[C@](C#N)(c2ccc(Cl)cc2F)[C@H]1c1cccc(Cl)c1F.Cl. The van der Waals surface area contributed by atoms with Crippen molar-refractivity contribution in [3.8, 4) is 11.8 Å². The van der Waals surface area contributed by atoms with Crippen LogP contribution < -0.4 is 15.4 Å². The van der Waals surface area contributed by atoms with Crippen LogP contribution in [0.4, 0.5) is 14.5 Å². The number of carbonyl (C=O) groups excluding carboxylic acids is 1. The van der Waals surface area contributed by atoms with Gasteiger partial charge in [0, 0.05) is 22.5 Å². The maximum absolute atomic E-state index is 15.8. The number of methoxy groups -OCH3 is 1. The minimum absolute atomic E-state index is 0. The standard InChI is InChI=1S/C31H29Cl2F2N3O4.ClH/c1-30(2,3)14-24-31(15-36,19-10-9-17(32)13-21(19)34)25(18-6-5-7-20(33)26(18)35)27(38-24)28(39)37-22-11-8-16(29(40)41)12-23(22)42-4;/h5-13,24-25,27,38H,14H2,1-4H3,(H,37,39)(H,40,41);1H/t24-,25-,27+,31-;/m0./s1. The third-order valence-electron chi connectivity index (χ3n) is 7.44. The average molecular weight is 653 g/mol. The average Bonchev–Trinajstić information content (AvgIpc) is 3.23. The first-order valence-corrected chi connectivity index (χ1v) is 13.8. The number of hydrogen-bond donors (Lipinski definition) is 3. The number of carbonyl (C=O) groups is 2. The molecule has 1 fully saturated rings. The van der Waals surface area contributed by atoms with E-state index < -0.39 is 52.3 Å². The summed E-state index contributed by atoms with van der Waals surface area (Å²) >= 11 is 12.2. The summed E-state index contributed by atoms with van der Waals surface area (Å²) in [6.07, 6.45) is 0.307. The summed E-state index contributed by atoms with van der Waals surface area (Å²) in [7, 11) is 1.32. The third-order valence-corrected chi connectivity index (χ3v) is 7.96. The molecule has 1 heterocycles. The number of carboxylic acids is 1. The van der Waals surface area contributed by atoms with Gasteiger partial charge >= 0.3 is 5.97 Å². The van der Waals surface area contributed by atoms with Gasteiger partial charge < -0.3 is 20.5 Å². The highest BCUT2D eigenvalue weighted by Gasteiger charge is 2.61. The number of amides is 1. The van der Waals surface area contributed by atoms with Crippen LogP contribution in [0.25, 0.3) is 0 Å². The zero-order valence-corrected chi connectivity index (χ0v) is 26.0. The molecule has 0 bridgehead atoms. The fraction of sp³-hybridized carbons (Fsp3) is 0.323. The number of benzene rings is 3. The van der Waals surface area contributed by atoms with Crippen molar-refractivity contribution in [1.29, 1.82) is 5.26 Å². The molecular formula is C31H30Cl3F2N3O4. The van der Waals surface area contributed by atoms with Crippen molar-refractivity contribution in [3.05, 3.63) is 93.0 Å². The molecule has 12 heteroatoms. The summed E-state index contributed by atoms with van der Waals surface area (Å²) in [6, 6.07) is 12.3. The molecule has 0 unspecified atom stereocenters. The maximum atomic E-state index is 15.8. The number of halogens is 5. The number of nitriles is 1. The minimum atomic E-state index is -1.78. The molecule has 228 valence electrons. The van der Waals surface area contributed by atoms with Gasteiger partial charge in [-0.15, -0.1) is 12.4 Å². The van der Waals surface area contributed by atoms with Crippen molar-refractivity contribution >= 4 is 53.2 Å². The van der Waals surface area contributed by atoms with Gasteiger partial charge in [-0.3, -0.25) is 4.79 Å². The molecule has 43 heavy (non-hydrogen) atoms. The van der Waals surface area contributed by atoms with E-state index in [4.69, 9.17) is 27.9 Å². The highest BCUT2D eigenvalue weighted by atomic mass is 35.5. The van der Waals surface area contributed by atoms with Gasteiger partial charge in [0.1, 0.15) is 22.8 Å². The predicted octanol–water partition coefficient (Wildman–Crippen LogP) is 7.36. The summed E-state index contributed by atoms with van der Waals surface area (Å²) in [5.74, 6) is -4.65. The van der Waals surface area contributed by atoms with Crippen LogP contribution in [0, 0.1) is 28.4 Å². The fourth-order valence-electron chi connectivity index (χ4n) is 5.69. The quantitative estimate of drug-likeness (QED) is 0.246. The molecular weight excluding hydrogens is 623 g/mol. The second-order valence-corrected chi connectivity index (χ2v) is 12.2. The van der Waals surface area contributed by atoms with Crippen molar-refractivity contribution in [3.63, 3.8) is 0 Å². The van der Waals surface area contributed by atoms with Gasteiger partial charge in [0.05, 0.1) is 35.5 Å². The number of nitrogens with zero attached hydrogens (tertiary/aromatic N) is 1. The molecule has 1 aliphatic heterocycles. The lowest BCUT2D eigenvalue weighted by molar-refractivity contribution is -0.118. The number of nitrogens with one attached hydrogen (secondary N) is 2. The number of ether oxygens (including phenoxy) is 1. The number of hydrogen-bond acceptors (Lipinski definition) is 5. The monoisotopic (exact) mass is 651 g/mol. The molecule has 0 radical (unpaired) electrons. The summed E-state index contributed by atoms with van der Waals surface area (Å²) in [4.78, 5) is 25.5. The Hall–Kier alpha value is -3.42. The lowest BCUT2D eigenvalue weighted by atomic mass is 9.62. The second-order valence-electron chi connectivity index (χ2n) is 11.4. The van der Waals surface area contributed by atoms with E-state index in [2.05, 4.69) is 16.7 Å². The van der Waals surface area contributed by atoms with Crippen LogP contribution in [0.2, 0.25) is 10.0 Å². The van der Waals surface area contributed by atoms with Crippen LogP contribution >= 0.6 is 35.6 Å². The van der Waals surface area contributed by atoms with Gasteiger partial charge in [-0.2, -0.15) is 5.26 Å². The van der Waals surface area contributed by atoms with E-state index in [9.17, 15) is 20.0 Å². The smallest absolute Gasteiger partial charge is 0.335 e. The summed E-state index contributed by atoms with van der Waals surface area (Å²) in [5.41, 5.74) is -2.18. The van der Waals surface area contributed by atoms with Crippen LogP contribution in [0.3, 0.4) is 0 Å². The molecule has 0 aromatic heterocycles. The van der Waals surface area contributed by atoms with Crippen LogP contribution in [-0.4, -0.2) is 36.2 Å². The fourth-order valence-corrected chi connectivity index (χ4v) is 6.04. The first-order chi connectivity index (χ1) is 19.7. The third kappa shape index (κ3) is 6.58. The van der Waals surface area contributed by atoms with E-state index in [-0.39, 0.29) is 50.6 Å². The number of carboxylic acid groups (broad SMARTS) is 1. The van der Waals surface area contributed by atoms with Crippen LogP contribution in [0.5, 0.6) is 5.75 Å². The summed E-state index contributed by atoms with van der Waals surface area (Å²) < 4.78 is 36.8. The lowest BCUT2D eigenvalue weighted by Gasteiger charge is -2.37. The molecule has 0 saturated carbocycles. The molecule has 4 atom stereocenters. The summed E-state index contributed by atoms with van der Waals surface area (Å²) in [5, 5.41) is 26.1. The van der Waals surface area contributed by atoms with Crippen molar-refractivity contribution in [2.75, 3.05) is 12.4 Å². The number of rotatable bonds is 7. The van der Waals surface area contributed by atoms with Crippen molar-refractivity contribution < 1.29 is 28.2 Å². The normalized spacial score (nSPS) is 21.4. The van der Waals surface area contributed by atoms with Gasteiger partial charge in [-0.1, -0.05) is 62.2 Å². The van der Waals surface area contributed by atoms with E-state index in [0.717, 1.165) is 6.07 Å². The highest BCUT2D eigenvalue weighted by Crippen LogP contribution is 2.53. The van der Waals surface area contributed by atoms with Crippen LogP contribution in [-0.2, 0) is 10.2 Å². The number of aromatic carboxylic acids is 1. The minimum Gasteiger partial charge on any atom is -0.495 e. The number of anilines is 1. The largest absolute Gasteiger partial charge is 0.495 e. The second kappa shape index (κ2) is 13.1. The molecule has 1 aliphatic rings. The van der Waals surface area contributed by atoms with Crippen molar-refractivity contribution in [2.24, 2.45) is 5.41 Å². The maximum Gasteiger partial charge on any atom is 0.335 e. The Morgan fingerprint density at radius 2 is 1.84 bits per heavy atom. The van der Waals surface area contributed by atoms with E-state index in [1.54, 1.807) is 0 Å². The molecule has 3 N–H and O–H groups in total. The molecule has 1 saturated heterocycles. The van der Waals surface area contributed by atoms with E-state index in [1.165, 1.54) is 55.6 Å². The Morgan fingerprint density at radius 3 is 2.42 bits per heavy atom. The zero-order valence-electron chi connectivity index (χ0n) is 23.7. The Bertz CT molecular complexity index is 1590. The zero-order chi connectivity index (χ0) is 31.0. The van der Waals surface area contributed by atoms with Crippen molar-refractivity contribution in [1.82, 2.24) is 5.32 Å². The first kappa shape index (κ1) is 34.1. The first-order valence-electron chi connectivity index (χ1n) is 13.0. The molecule has 3 aromatic rings. The molecule has 3 aromatic carbocycles. The van der Waals surface area contributed by atoms with Crippen LogP contribution in [0.1, 0.15) is 54.6 Å². The lowest BCUT2D eigenvalue weighted by Crippen LogP contribution is -2.45. The molecule has 4 rings (SSSR count). The predicted molar refractivity (Wildman–Crippen MR) is 163 cm³/mol. The van der Waals surface area contributed by atoms with Gasteiger partial charge in [-0.25, -0.2) is 13.6 Å².